The summed E-state index contributed by atoms with van der Waals surface area (Å²) in [6, 6.07) is 13.7. The summed E-state index contributed by atoms with van der Waals surface area (Å²) < 4.78 is 19.5. The average Bonchev–Trinajstić information content (AvgIpc) is 2.76. The van der Waals surface area contributed by atoms with Crippen molar-refractivity contribution in [3.05, 3.63) is 87.1 Å². The highest BCUT2D eigenvalue weighted by Gasteiger charge is 2.38. The van der Waals surface area contributed by atoms with Crippen molar-refractivity contribution in [1.82, 2.24) is 4.90 Å². The maximum atomic E-state index is 13.8. The summed E-state index contributed by atoms with van der Waals surface area (Å²) in [6.45, 7) is 0.0318. The molecule has 0 unspecified atom stereocenters. The van der Waals surface area contributed by atoms with Crippen LogP contribution in [0.2, 0.25) is 5.02 Å². The van der Waals surface area contributed by atoms with Crippen LogP contribution in [0.15, 0.2) is 65.1 Å². The molecule has 5 nitrogen and oxygen atoms in total. The van der Waals surface area contributed by atoms with Gasteiger partial charge in [-0.1, -0.05) is 35.9 Å². The van der Waals surface area contributed by atoms with E-state index < -0.39 is 5.92 Å². The summed E-state index contributed by atoms with van der Waals surface area (Å²) in [5, 5.41) is 10.1. The van der Waals surface area contributed by atoms with Crippen LogP contribution in [0, 0.1) is 17.1 Å². The Morgan fingerprint density at radius 3 is 2.77 bits per heavy atom. The van der Waals surface area contributed by atoms with E-state index in [4.69, 9.17) is 22.1 Å². The van der Waals surface area contributed by atoms with Crippen LogP contribution in [0.5, 0.6) is 5.75 Å². The van der Waals surface area contributed by atoms with Crippen LogP contribution >= 0.6 is 11.6 Å². The maximum Gasteiger partial charge on any atom is 0.161 e. The lowest BCUT2D eigenvalue weighted by Gasteiger charge is -2.37. The minimum atomic E-state index is -0.567. The number of ether oxygens (including phenoxy) is 1. The van der Waals surface area contributed by atoms with Gasteiger partial charge in [-0.15, -0.1) is 0 Å². The molecule has 7 heteroatoms. The molecule has 1 atom stereocenters. The SMILES string of the molecule is CN1C(N)=C(C#N)[C@H](c2ccc(OCc3ccccc3F)c(Cl)c2)C2=C1CCCC2=O. The fraction of sp³-hybridized carbons (Fsp3) is 0.250. The van der Waals surface area contributed by atoms with Crippen LogP contribution in [0.25, 0.3) is 0 Å². The van der Waals surface area contributed by atoms with Crippen LogP contribution in [-0.2, 0) is 11.4 Å². The number of Topliss-reactive ketones (excluding diaryl/α,β-unsaturated/α-hetero) is 1. The third-order valence-corrected chi connectivity index (χ3v) is 6.09. The van der Waals surface area contributed by atoms with Gasteiger partial charge in [-0.05, 0) is 36.6 Å². The Balaban J connectivity index is 1.69. The van der Waals surface area contributed by atoms with Crippen molar-refractivity contribution in [3.8, 4) is 11.8 Å². The Labute approximate surface area is 185 Å². The molecule has 0 amide bonds. The Morgan fingerprint density at radius 1 is 1.29 bits per heavy atom. The predicted molar refractivity (Wildman–Crippen MR) is 115 cm³/mol. The van der Waals surface area contributed by atoms with Crippen molar-refractivity contribution in [3.63, 3.8) is 0 Å². The number of hydrogen-bond acceptors (Lipinski definition) is 5. The number of nitrogens with zero attached hydrogens (tertiary/aromatic N) is 2. The fourth-order valence-corrected chi connectivity index (χ4v) is 4.42. The standard InChI is InChI=1S/C24H21ClFN3O2/c1-29-19-7-4-8-20(30)23(19)22(16(12-27)24(29)28)14-9-10-21(17(25)11-14)31-13-15-5-2-3-6-18(15)26/h2-3,5-6,9-11,22H,4,7-8,13,28H2,1H3/t22-/m0/s1. The van der Waals surface area contributed by atoms with Gasteiger partial charge in [-0.2, -0.15) is 5.26 Å². The molecule has 2 aliphatic rings. The molecule has 31 heavy (non-hydrogen) atoms. The lowest BCUT2D eigenvalue weighted by atomic mass is 9.76. The molecule has 0 radical (unpaired) electrons. The van der Waals surface area contributed by atoms with E-state index in [-0.39, 0.29) is 18.2 Å². The normalized spacial score (nSPS) is 18.7. The number of carbonyl (C=O) groups excluding carboxylic acids is 1. The van der Waals surface area contributed by atoms with Gasteiger partial charge in [0.25, 0.3) is 0 Å². The first-order valence-electron chi connectivity index (χ1n) is 9.97. The zero-order valence-electron chi connectivity index (χ0n) is 17.0. The topological polar surface area (TPSA) is 79.3 Å². The Bertz CT molecular complexity index is 1170. The molecule has 0 fully saturated rings. The molecule has 158 valence electrons. The largest absolute Gasteiger partial charge is 0.487 e. The average molecular weight is 438 g/mol. The van der Waals surface area contributed by atoms with E-state index in [9.17, 15) is 14.4 Å². The zero-order chi connectivity index (χ0) is 22.1. The Kier molecular flexibility index (Phi) is 5.71. The molecule has 2 N–H and O–H groups in total. The van der Waals surface area contributed by atoms with E-state index in [2.05, 4.69) is 6.07 Å². The van der Waals surface area contributed by atoms with Gasteiger partial charge in [0, 0.05) is 30.3 Å². The molecule has 0 spiro atoms. The van der Waals surface area contributed by atoms with E-state index >= 15 is 0 Å². The number of nitriles is 1. The van der Waals surface area contributed by atoms with Gasteiger partial charge >= 0.3 is 0 Å². The summed E-state index contributed by atoms with van der Waals surface area (Å²) in [4.78, 5) is 14.6. The first-order valence-corrected chi connectivity index (χ1v) is 10.4. The molecule has 2 aromatic carbocycles. The molecular formula is C24H21ClFN3O2. The van der Waals surface area contributed by atoms with E-state index in [0.717, 1.165) is 18.5 Å². The van der Waals surface area contributed by atoms with Crippen LogP contribution in [-0.4, -0.2) is 17.7 Å². The van der Waals surface area contributed by atoms with Gasteiger partial charge in [0.15, 0.2) is 5.78 Å². The van der Waals surface area contributed by atoms with Crippen molar-refractivity contribution >= 4 is 17.4 Å². The van der Waals surface area contributed by atoms with Crippen LogP contribution in [0.1, 0.15) is 36.3 Å². The summed E-state index contributed by atoms with van der Waals surface area (Å²) in [5.41, 5.74) is 9.15. The Morgan fingerprint density at radius 2 is 2.06 bits per heavy atom. The zero-order valence-corrected chi connectivity index (χ0v) is 17.7. The fourth-order valence-electron chi connectivity index (χ4n) is 4.18. The molecule has 0 saturated carbocycles. The van der Waals surface area contributed by atoms with E-state index in [1.807, 2.05) is 0 Å². The minimum absolute atomic E-state index is 0.0225. The van der Waals surface area contributed by atoms with E-state index in [0.29, 0.717) is 45.3 Å². The second-order valence-corrected chi connectivity index (χ2v) is 8.02. The number of ketones is 1. The molecule has 1 aliphatic carbocycles. The van der Waals surface area contributed by atoms with Gasteiger partial charge < -0.3 is 15.4 Å². The highest BCUT2D eigenvalue weighted by Crippen LogP contribution is 2.45. The van der Waals surface area contributed by atoms with Crippen molar-refractivity contribution < 1.29 is 13.9 Å². The predicted octanol–water partition coefficient (Wildman–Crippen LogP) is 4.79. The summed E-state index contributed by atoms with van der Waals surface area (Å²) in [5.74, 6) is -0.161. The highest BCUT2D eigenvalue weighted by molar-refractivity contribution is 6.32. The quantitative estimate of drug-likeness (QED) is 0.744. The summed E-state index contributed by atoms with van der Waals surface area (Å²) in [6.07, 6.45) is 1.93. The number of nitrogens with two attached hydrogens (primary N) is 1. The van der Waals surface area contributed by atoms with Gasteiger partial charge in [-0.25, -0.2) is 4.39 Å². The van der Waals surface area contributed by atoms with Gasteiger partial charge in [0.2, 0.25) is 0 Å². The smallest absolute Gasteiger partial charge is 0.161 e. The van der Waals surface area contributed by atoms with Gasteiger partial charge in [0.1, 0.15) is 24.0 Å². The maximum absolute atomic E-state index is 13.8. The third kappa shape index (κ3) is 3.77. The van der Waals surface area contributed by atoms with Gasteiger partial charge in [-0.3, -0.25) is 4.79 Å². The molecule has 1 heterocycles. The van der Waals surface area contributed by atoms with Crippen molar-refractivity contribution in [1.29, 1.82) is 5.26 Å². The van der Waals surface area contributed by atoms with Crippen molar-refractivity contribution in [2.24, 2.45) is 5.73 Å². The summed E-state index contributed by atoms with van der Waals surface area (Å²) in [7, 11) is 1.78. The molecule has 0 saturated heterocycles. The number of carbonyl (C=O) groups is 1. The molecule has 2 aromatic rings. The first-order chi connectivity index (χ1) is 14.9. The number of halogens is 2. The number of hydrogen-bond donors (Lipinski definition) is 1. The Hall–Kier alpha value is -3.30. The second kappa shape index (κ2) is 8.44. The highest BCUT2D eigenvalue weighted by atomic mass is 35.5. The monoisotopic (exact) mass is 437 g/mol. The number of allylic oxidation sites excluding steroid dienone is 3. The lowest BCUT2D eigenvalue weighted by molar-refractivity contribution is -0.116. The van der Waals surface area contributed by atoms with Crippen LogP contribution < -0.4 is 10.5 Å². The van der Waals surface area contributed by atoms with E-state index in [1.165, 1.54) is 6.07 Å². The van der Waals surface area contributed by atoms with Gasteiger partial charge in [0.05, 0.1) is 22.6 Å². The number of rotatable bonds is 4. The number of benzene rings is 2. The second-order valence-electron chi connectivity index (χ2n) is 7.61. The molecule has 0 aromatic heterocycles. The molecule has 4 rings (SSSR count). The molecular weight excluding hydrogens is 417 g/mol. The van der Waals surface area contributed by atoms with Crippen molar-refractivity contribution in [2.75, 3.05) is 7.05 Å². The molecule has 1 aliphatic heterocycles. The first kappa shape index (κ1) is 21.0. The summed E-state index contributed by atoms with van der Waals surface area (Å²) >= 11 is 6.46. The lowest BCUT2D eigenvalue weighted by Crippen LogP contribution is -2.36. The minimum Gasteiger partial charge on any atom is -0.487 e. The molecule has 0 bridgehead atoms. The van der Waals surface area contributed by atoms with Crippen LogP contribution in [0.4, 0.5) is 4.39 Å². The third-order valence-electron chi connectivity index (χ3n) is 5.80. The van der Waals surface area contributed by atoms with E-state index in [1.54, 1.807) is 48.3 Å². The van der Waals surface area contributed by atoms with Crippen molar-refractivity contribution in [2.45, 2.75) is 31.8 Å². The van der Waals surface area contributed by atoms with Crippen LogP contribution in [0.3, 0.4) is 0 Å².